The molecule has 8 nitrogen and oxygen atoms in total. The molecule has 3 N–H and O–H groups in total. The van der Waals surface area contributed by atoms with E-state index in [1.54, 1.807) is 18.7 Å². The Hall–Kier alpha value is -2.09. The average Bonchev–Trinajstić information content (AvgIpc) is 2.77. The van der Waals surface area contributed by atoms with Crippen LogP contribution in [0.2, 0.25) is 0 Å². The SMILES string of the molecule is CCc1nn(CCN2CCOC(C)(C)C2=O)c(N)c1C(=O)O. The molecule has 0 aliphatic carbocycles. The summed E-state index contributed by atoms with van der Waals surface area (Å²) in [5.41, 5.74) is 5.56. The van der Waals surface area contributed by atoms with E-state index in [1.165, 1.54) is 4.68 Å². The predicted octanol–water partition coefficient (Wildman–Crippen LogP) is 0.363. The summed E-state index contributed by atoms with van der Waals surface area (Å²) in [5.74, 6) is -1.04. The van der Waals surface area contributed by atoms with Gasteiger partial charge < -0.3 is 20.5 Å². The van der Waals surface area contributed by atoms with Crippen LogP contribution in [0.5, 0.6) is 0 Å². The number of aromatic carboxylic acids is 1. The number of carbonyl (C=O) groups is 2. The molecular formula is C14H22N4O4. The van der Waals surface area contributed by atoms with Crippen LogP contribution in [-0.4, -0.2) is 57.0 Å². The van der Waals surface area contributed by atoms with Gasteiger partial charge in [0.25, 0.3) is 5.91 Å². The second kappa shape index (κ2) is 5.96. The first-order valence-corrected chi connectivity index (χ1v) is 7.29. The number of nitrogens with zero attached hydrogens (tertiary/aromatic N) is 3. The smallest absolute Gasteiger partial charge is 0.341 e. The molecule has 1 aromatic rings. The maximum absolute atomic E-state index is 12.2. The highest BCUT2D eigenvalue weighted by molar-refractivity contribution is 5.94. The number of ether oxygens (including phenoxy) is 1. The lowest BCUT2D eigenvalue weighted by atomic mass is 10.1. The van der Waals surface area contributed by atoms with Gasteiger partial charge in [-0.3, -0.25) is 4.79 Å². The van der Waals surface area contributed by atoms with Gasteiger partial charge in [0.15, 0.2) is 0 Å². The number of hydrogen-bond donors (Lipinski definition) is 2. The summed E-state index contributed by atoms with van der Waals surface area (Å²) >= 11 is 0. The maximum atomic E-state index is 12.2. The molecule has 2 heterocycles. The van der Waals surface area contributed by atoms with Crippen molar-refractivity contribution in [1.29, 1.82) is 0 Å². The molecule has 1 aliphatic heterocycles. The van der Waals surface area contributed by atoms with Gasteiger partial charge in [0, 0.05) is 13.1 Å². The minimum absolute atomic E-state index is 0.0520. The molecule has 1 amide bonds. The standard InChI is InChI=1S/C14H22N4O4/c1-4-9-10(12(19)20)11(15)18(16-9)6-5-17-7-8-22-14(2,3)13(17)21/h4-8,15H2,1-3H3,(H,19,20). The van der Waals surface area contributed by atoms with Crippen molar-refractivity contribution >= 4 is 17.7 Å². The number of aromatic nitrogens is 2. The fraction of sp³-hybridized carbons (Fsp3) is 0.643. The normalized spacial score (nSPS) is 17.8. The Labute approximate surface area is 128 Å². The van der Waals surface area contributed by atoms with Crippen LogP contribution in [0.15, 0.2) is 0 Å². The third-order valence-electron chi connectivity index (χ3n) is 3.82. The number of hydrogen-bond acceptors (Lipinski definition) is 5. The Morgan fingerprint density at radius 1 is 1.45 bits per heavy atom. The Bertz CT molecular complexity index is 594. The van der Waals surface area contributed by atoms with Crippen molar-refractivity contribution in [3.63, 3.8) is 0 Å². The predicted molar refractivity (Wildman–Crippen MR) is 79.6 cm³/mol. The second-order valence-electron chi connectivity index (χ2n) is 5.74. The first-order chi connectivity index (χ1) is 10.3. The summed E-state index contributed by atoms with van der Waals surface area (Å²) in [7, 11) is 0. The fourth-order valence-corrected chi connectivity index (χ4v) is 2.56. The molecule has 0 saturated carbocycles. The summed E-state index contributed by atoms with van der Waals surface area (Å²) < 4.78 is 6.90. The zero-order chi connectivity index (χ0) is 16.5. The quantitative estimate of drug-likeness (QED) is 0.812. The molecule has 1 aromatic heterocycles. The highest BCUT2D eigenvalue weighted by Crippen LogP contribution is 2.20. The molecule has 1 saturated heterocycles. The highest BCUT2D eigenvalue weighted by Gasteiger charge is 2.36. The lowest BCUT2D eigenvalue weighted by Crippen LogP contribution is -2.54. The van der Waals surface area contributed by atoms with Crippen LogP contribution >= 0.6 is 0 Å². The van der Waals surface area contributed by atoms with Crippen LogP contribution in [-0.2, 0) is 22.5 Å². The molecule has 0 radical (unpaired) electrons. The highest BCUT2D eigenvalue weighted by atomic mass is 16.5. The van der Waals surface area contributed by atoms with Crippen LogP contribution < -0.4 is 5.73 Å². The number of rotatable bonds is 5. The van der Waals surface area contributed by atoms with E-state index < -0.39 is 11.6 Å². The van der Waals surface area contributed by atoms with E-state index in [-0.39, 0.29) is 17.3 Å². The topological polar surface area (TPSA) is 111 Å². The molecule has 0 bridgehead atoms. The molecular weight excluding hydrogens is 288 g/mol. The number of nitrogen functional groups attached to an aromatic ring is 1. The molecule has 0 unspecified atom stereocenters. The van der Waals surface area contributed by atoms with Crippen LogP contribution in [0.25, 0.3) is 0 Å². The van der Waals surface area contributed by atoms with Crippen LogP contribution in [0.1, 0.15) is 36.8 Å². The number of carbonyl (C=O) groups excluding carboxylic acids is 1. The van der Waals surface area contributed by atoms with E-state index in [9.17, 15) is 14.7 Å². The van der Waals surface area contributed by atoms with Crippen LogP contribution in [0.3, 0.4) is 0 Å². The largest absolute Gasteiger partial charge is 0.477 e. The summed E-state index contributed by atoms with van der Waals surface area (Å²) in [4.78, 5) is 25.2. The van der Waals surface area contributed by atoms with Crippen molar-refractivity contribution in [3.8, 4) is 0 Å². The number of anilines is 1. The Morgan fingerprint density at radius 3 is 2.68 bits per heavy atom. The van der Waals surface area contributed by atoms with Crippen molar-refractivity contribution in [2.45, 2.75) is 39.3 Å². The van der Waals surface area contributed by atoms with Gasteiger partial charge in [0.1, 0.15) is 17.0 Å². The number of morpholine rings is 1. The first kappa shape index (κ1) is 16.3. The minimum atomic E-state index is -1.08. The lowest BCUT2D eigenvalue weighted by Gasteiger charge is -2.37. The van der Waals surface area contributed by atoms with Gasteiger partial charge in [-0.25, -0.2) is 9.48 Å². The Balaban J connectivity index is 2.12. The van der Waals surface area contributed by atoms with Gasteiger partial charge in [-0.2, -0.15) is 5.10 Å². The van der Waals surface area contributed by atoms with E-state index in [4.69, 9.17) is 10.5 Å². The molecule has 0 spiro atoms. The minimum Gasteiger partial charge on any atom is -0.477 e. The van der Waals surface area contributed by atoms with Gasteiger partial charge in [-0.15, -0.1) is 0 Å². The van der Waals surface area contributed by atoms with Crippen molar-refractivity contribution in [2.75, 3.05) is 25.4 Å². The monoisotopic (exact) mass is 310 g/mol. The van der Waals surface area contributed by atoms with Crippen molar-refractivity contribution in [1.82, 2.24) is 14.7 Å². The van der Waals surface area contributed by atoms with E-state index in [0.717, 1.165) is 0 Å². The first-order valence-electron chi connectivity index (χ1n) is 7.29. The van der Waals surface area contributed by atoms with Gasteiger partial charge >= 0.3 is 5.97 Å². The summed E-state index contributed by atoms with van der Waals surface area (Å²) in [5, 5.41) is 13.4. The summed E-state index contributed by atoms with van der Waals surface area (Å²) in [6.45, 7) is 7.06. The van der Waals surface area contributed by atoms with Gasteiger partial charge in [0.2, 0.25) is 0 Å². The third-order valence-corrected chi connectivity index (χ3v) is 3.82. The molecule has 1 fully saturated rings. The van der Waals surface area contributed by atoms with E-state index in [0.29, 0.717) is 38.4 Å². The second-order valence-corrected chi connectivity index (χ2v) is 5.74. The van der Waals surface area contributed by atoms with E-state index >= 15 is 0 Å². The van der Waals surface area contributed by atoms with Gasteiger partial charge in [-0.1, -0.05) is 6.92 Å². The van der Waals surface area contributed by atoms with E-state index in [2.05, 4.69) is 5.10 Å². The fourth-order valence-electron chi connectivity index (χ4n) is 2.56. The molecule has 2 rings (SSSR count). The number of carboxylic acids is 1. The van der Waals surface area contributed by atoms with Crippen LogP contribution in [0, 0.1) is 0 Å². The molecule has 8 heteroatoms. The summed E-state index contributed by atoms with van der Waals surface area (Å²) in [6.07, 6.45) is 0.488. The third kappa shape index (κ3) is 2.92. The van der Waals surface area contributed by atoms with Gasteiger partial charge in [0.05, 0.1) is 18.8 Å². The maximum Gasteiger partial charge on any atom is 0.341 e. The summed E-state index contributed by atoms with van der Waals surface area (Å²) in [6, 6.07) is 0. The molecule has 1 aliphatic rings. The van der Waals surface area contributed by atoms with E-state index in [1.807, 2.05) is 6.92 Å². The van der Waals surface area contributed by atoms with Crippen molar-refractivity contribution in [2.24, 2.45) is 0 Å². The Kier molecular flexibility index (Phi) is 4.41. The molecule has 122 valence electrons. The Morgan fingerprint density at radius 2 is 2.14 bits per heavy atom. The average molecular weight is 310 g/mol. The molecule has 0 atom stereocenters. The number of carboxylic acid groups (broad SMARTS) is 1. The number of amides is 1. The lowest BCUT2D eigenvalue weighted by molar-refractivity contribution is -0.166. The zero-order valence-corrected chi connectivity index (χ0v) is 13.1. The van der Waals surface area contributed by atoms with Crippen molar-refractivity contribution < 1.29 is 19.4 Å². The molecule has 22 heavy (non-hydrogen) atoms. The molecule has 0 aromatic carbocycles. The van der Waals surface area contributed by atoms with Crippen molar-refractivity contribution in [3.05, 3.63) is 11.3 Å². The van der Waals surface area contributed by atoms with Gasteiger partial charge in [-0.05, 0) is 20.3 Å². The van der Waals surface area contributed by atoms with Crippen LogP contribution in [0.4, 0.5) is 5.82 Å². The zero-order valence-electron chi connectivity index (χ0n) is 13.1. The number of aryl methyl sites for hydroxylation is 1. The number of nitrogens with two attached hydrogens (primary N) is 1.